The van der Waals surface area contributed by atoms with Crippen LogP contribution in [-0.4, -0.2) is 20.7 Å². The van der Waals surface area contributed by atoms with Gasteiger partial charge in [0, 0.05) is 12.1 Å². The summed E-state index contributed by atoms with van der Waals surface area (Å²) < 4.78 is 1.77. The molecule has 1 aromatic heterocycles. The van der Waals surface area contributed by atoms with E-state index in [2.05, 4.69) is 15.4 Å². The van der Waals surface area contributed by atoms with E-state index in [0.29, 0.717) is 18.7 Å². The van der Waals surface area contributed by atoms with Crippen LogP contribution in [-0.2, 0) is 13.1 Å². The van der Waals surface area contributed by atoms with Crippen LogP contribution in [0.3, 0.4) is 0 Å². The van der Waals surface area contributed by atoms with Gasteiger partial charge in [-0.3, -0.25) is 4.79 Å². The predicted molar refractivity (Wildman–Crippen MR) is 101 cm³/mol. The maximum Gasteiger partial charge on any atom is 0.251 e. The van der Waals surface area contributed by atoms with Crippen molar-refractivity contribution in [2.75, 3.05) is 0 Å². The highest BCUT2D eigenvalue weighted by atomic mass is 16.1. The van der Waals surface area contributed by atoms with E-state index in [9.17, 15) is 4.79 Å². The fourth-order valence-electron chi connectivity index (χ4n) is 2.88. The summed E-state index contributed by atoms with van der Waals surface area (Å²) in [6.45, 7) is 1.18. The molecule has 1 heterocycles. The minimum Gasteiger partial charge on any atom is -0.348 e. The first-order chi connectivity index (χ1) is 12.8. The van der Waals surface area contributed by atoms with Gasteiger partial charge in [0.15, 0.2) is 0 Å². The maximum absolute atomic E-state index is 12.4. The molecule has 4 aromatic rings. The summed E-state index contributed by atoms with van der Waals surface area (Å²) in [5.41, 5.74) is 2.87. The lowest BCUT2D eigenvalue weighted by Crippen LogP contribution is -2.22. The second-order valence-electron chi connectivity index (χ2n) is 6.15. The van der Waals surface area contributed by atoms with Crippen LogP contribution in [0.4, 0.5) is 0 Å². The number of hydrogen-bond acceptors (Lipinski definition) is 3. The summed E-state index contributed by atoms with van der Waals surface area (Å²) in [7, 11) is 0. The smallest absolute Gasteiger partial charge is 0.251 e. The number of rotatable bonds is 5. The van der Waals surface area contributed by atoms with Crippen molar-refractivity contribution in [3.05, 3.63) is 96.1 Å². The van der Waals surface area contributed by atoms with Crippen LogP contribution in [0.5, 0.6) is 0 Å². The third kappa shape index (κ3) is 3.62. The zero-order valence-electron chi connectivity index (χ0n) is 14.2. The summed E-state index contributed by atoms with van der Waals surface area (Å²) in [4.78, 5) is 16.3. The van der Waals surface area contributed by atoms with Gasteiger partial charge in [-0.25, -0.2) is 9.67 Å². The van der Waals surface area contributed by atoms with E-state index in [1.807, 2.05) is 66.7 Å². The van der Waals surface area contributed by atoms with E-state index in [-0.39, 0.29) is 5.91 Å². The molecule has 1 amide bonds. The number of carbonyl (C=O) groups is 1. The van der Waals surface area contributed by atoms with Gasteiger partial charge in [0.1, 0.15) is 12.7 Å². The minimum atomic E-state index is -0.0672. The van der Waals surface area contributed by atoms with Gasteiger partial charge in [0.25, 0.3) is 5.91 Å². The van der Waals surface area contributed by atoms with Gasteiger partial charge < -0.3 is 5.32 Å². The van der Waals surface area contributed by atoms with Crippen LogP contribution in [0.2, 0.25) is 0 Å². The van der Waals surface area contributed by atoms with Crippen LogP contribution in [0.1, 0.15) is 21.5 Å². The van der Waals surface area contributed by atoms with Gasteiger partial charge >= 0.3 is 0 Å². The quantitative estimate of drug-likeness (QED) is 0.605. The Kier molecular flexibility index (Phi) is 4.43. The van der Waals surface area contributed by atoms with Crippen molar-refractivity contribution in [2.24, 2.45) is 0 Å². The first-order valence-corrected chi connectivity index (χ1v) is 8.45. The van der Waals surface area contributed by atoms with Crippen molar-refractivity contribution >= 4 is 16.7 Å². The zero-order chi connectivity index (χ0) is 17.8. The summed E-state index contributed by atoms with van der Waals surface area (Å²) in [5.74, 6) is -0.0672. The Morgan fingerprint density at radius 1 is 0.923 bits per heavy atom. The lowest BCUT2D eigenvalue weighted by Gasteiger charge is -2.08. The first kappa shape index (κ1) is 16.0. The molecule has 0 spiro atoms. The number of nitrogens with one attached hydrogen (secondary N) is 1. The van der Waals surface area contributed by atoms with Gasteiger partial charge in [0.05, 0.1) is 6.54 Å². The van der Waals surface area contributed by atoms with E-state index in [0.717, 1.165) is 21.9 Å². The lowest BCUT2D eigenvalue weighted by molar-refractivity contribution is 0.0951. The third-order valence-electron chi connectivity index (χ3n) is 4.30. The van der Waals surface area contributed by atoms with Crippen LogP contribution in [0.15, 0.2) is 79.4 Å². The van der Waals surface area contributed by atoms with E-state index in [4.69, 9.17) is 0 Å². The average Bonchev–Trinajstić information content (AvgIpc) is 3.20. The van der Waals surface area contributed by atoms with Crippen LogP contribution in [0, 0.1) is 0 Å². The minimum absolute atomic E-state index is 0.0672. The Hall–Kier alpha value is -3.47. The molecule has 0 aliphatic heterocycles. The number of fused-ring (bicyclic) bond motifs is 1. The molecule has 0 atom stereocenters. The molecule has 4 rings (SSSR count). The van der Waals surface area contributed by atoms with E-state index < -0.39 is 0 Å². The molecule has 0 bridgehead atoms. The number of hydrogen-bond donors (Lipinski definition) is 1. The molecule has 3 aromatic carbocycles. The number of nitrogens with zero attached hydrogens (tertiary/aromatic N) is 3. The Morgan fingerprint density at radius 3 is 2.46 bits per heavy atom. The van der Waals surface area contributed by atoms with Crippen LogP contribution >= 0.6 is 0 Å². The first-order valence-electron chi connectivity index (χ1n) is 8.45. The molecule has 1 N–H and O–H groups in total. The number of carbonyl (C=O) groups excluding carboxylic acids is 1. The maximum atomic E-state index is 12.4. The van der Waals surface area contributed by atoms with Crippen molar-refractivity contribution < 1.29 is 4.79 Å². The second kappa shape index (κ2) is 7.19. The summed E-state index contributed by atoms with van der Waals surface area (Å²) in [6, 6.07) is 21.9. The van der Waals surface area contributed by atoms with Crippen molar-refractivity contribution in [3.8, 4) is 0 Å². The summed E-state index contributed by atoms with van der Waals surface area (Å²) in [6.07, 6.45) is 3.22. The average molecular weight is 342 g/mol. The van der Waals surface area contributed by atoms with Gasteiger partial charge in [0.2, 0.25) is 0 Å². The molecule has 5 heteroatoms. The topological polar surface area (TPSA) is 59.8 Å². The second-order valence-corrected chi connectivity index (χ2v) is 6.15. The van der Waals surface area contributed by atoms with Gasteiger partial charge in [-0.2, -0.15) is 5.10 Å². The normalized spacial score (nSPS) is 10.8. The summed E-state index contributed by atoms with van der Waals surface area (Å²) >= 11 is 0. The molecular weight excluding hydrogens is 324 g/mol. The zero-order valence-corrected chi connectivity index (χ0v) is 14.2. The molecule has 0 saturated carbocycles. The summed E-state index contributed by atoms with van der Waals surface area (Å²) in [5, 5.41) is 9.27. The van der Waals surface area contributed by atoms with Crippen molar-refractivity contribution in [3.63, 3.8) is 0 Å². The fraction of sp³-hybridized carbons (Fsp3) is 0.0952. The molecule has 5 nitrogen and oxygen atoms in total. The molecule has 128 valence electrons. The molecule has 0 saturated heterocycles. The highest BCUT2D eigenvalue weighted by Crippen LogP contribution is 2.15. The van der Waals surface area contributed by atoms with Crippen LogP contribution < -0.4 is 5.32 Å². The van der Waals surface area contributed by atoms with Gasteiger partial charge in [-0.05, 0) is 34.0 Å². The van der Waals surface area contributed by atoms with Crippen LogP contribution in [0.25, 0.3) is 10.8 Å². The molecular formula is C21H18N4O. The van der Waals surface area contributed by atoms with Gasteiger partial charge in [-0.1, -0.05) is 54.6 Å². The largest absolute Gasteiger partial charge is 0.348 e. The molecule has 26 heavy (non-hydrogen) atoms. The van der Waals surface area contributed by atoms with Gasteiger partial charge in [-0.15, -0.1) is 0 Å². The Balaban J connectivity index is 1.38. The number of aromatic nitrogens is 3. The highest BCUT2D eigenvalue weighted by Gasteiger charge is 2.06. The monoisotopic (exact) mass is 342 g/mol. The Morgan fingerprint density at radius 2 is 1.69 bits per heavy atom. The van der Waals surface area contributed by atoms with E-state index in [1.54, 1.807) is 11.0 Å². The van der Waals surface area contributed by atoms with E-state index in [1.165, 1.54) is 6.33 Å². The third-order valence-corrected chi connectivity index (χ3v) is 4.30. The molecule has 0 unspecified atom stereocenters. The molecule has 0 fully saturated rings. The van der Waals surface area contributed by atoms with E-state index >= 15 is 0 Å². The number of benzene rings is 3. The van der Waals surface area contributed by atoms with Crippen molar-refractivity contribution in [2.45, 2.75) is 13.1 Å². The molecule has 0 radical (unpaired) electrons. The standard InChI is InChI=1S/C21H18N4O/c26-21(20-10-9-18-3-1-2-4-19(18)11-20)23-12-16-5-7-17(8-6-16)13-25-15-22-14-24-25/h1-11,14-15H,12-13H2,(H,23,26). The Bertz CT molecular complexity index is 1020. The highest BCUT2D eigenvalue weighted by molar-refractivity contribution is 5.98. The van der Waals surface area contributed by atoms with Crippen molar-refractivity contribution in [1.82, 2.24) is 20.1 Å². The Labute approximate surface area is 151 Å². The fourth-order valence-corrected chi connectivity index (χ4v) is 2.88. The lowest BCUT2D eigenvalue weighted by atomic mass is 10.1. The predicted octanol–water partition coefficient (Wildman–Crippen LogP) is 3.41. The molecule has 0 aliphatic rings. The number of amides is 1. The molecule has 0 aliphatic carbocycles. The van der Waals surface area contributed by atoms with Crippen molar-refractivity contribution in [1.29, 1.82) is 0 Å². The SMILES string of the molecule is O=C(NCc1ccc(Cn2cncn2)cc1)c1ccc2ccccc2c1.